The Hall–Kier alpha value is -4.22. The molecule has 2 nitrogen and oxygen atoms in total. The van der Waals surface area contributed by atoms with Crippen molar-refractivity contribution in [3.05, 3.63) is 96.3 Å². The van der Waals surface area contributed by atoms with Crippen LogP contribution in [-0.2, 0) is 11.8 Å². The topological polar surface area (TPSA) is 25.8 Å². The average molecular weight is 568 g/mol. The third kappa shape index (κ3) is 4.40. The van der Waals surface area contributed by atoms with E-state index in [-0.39, 0.29) is 0 Å². The molecule has 206 valence electrons. The van der Waals surface area contributed by atoms with Crippen LogP contribution in [0.4, 0.5) is 43.9 Å². The van der Waals surface area contributed by atoms with E-state index in [9.17, 15) is 43.9 Å². The highest BCUT2D eigenvalue weighted by Gasteiger charge is 2.59. The first-order valence-corrected chi connectivity index (χ1v) is 11.4. The molecule has 2 aromatic heterocycles. The molecular formula is C28H14F10N2. The van der Waals surface area contributed by atoms with Crippen molar-refractivity contribution < 1.29 is 43.9 Å². The normalized spacial score (nSPS) is 13.2. The number of aromatic nitrogens is 2. The molecule has 0 atom stereocenters. The maximum absolute atomic E-state index is 13.7. The van der Waals surface area contributed by atoms with Crippen LogP contribution in [-0.4, -0.2) is 22.3 Å². The fraction of sp³-hybridized carbons (Fsp3) is 0.143. The molecule has 5 aromatic rings. The molecule has 0 N–H and O–H groups in total. The van der Waals surface area contributed by atoms with E-state index in [4.69, 9.17) is 0 Å². The minimum atomic E-state index is -5.75. The Kier molecular flexibility index (Phi) is 6.27. The summed E-state index contributed by atoms with van der Waals surface area (Å²) in [5.74, 6) is -10.0. The van der Waals surface area contributed by atoms with Gasteiger partial charge in [-0.2, -0.15) is 43.9 Å². The summed E-state index contributed by atoms with van der Waals surface area (Å²) in [6.45, 7) is 0. The monoisotopic (exact) mass is 568 g/mol. The number of fused-ring (bicyclic) bond motifs is 3. The third-order valence-corrected chi connectivity index (χ3v) is 6.45. The molecule has 2 heterocycles. The Morgan fingerprint density at radius 2 is 0.725 bits per heavy atom. The summed E-state index contributed by atoms with van der Waals surface area (Å²) >= 11 is 0. The van der Waals surface area contributed by atoms with Gasteiger partial charge in [0.25, 0.3) is 0 Å². The number of hydrogen-bond acceptors (Lipinski definition) is 2. The van der Waals surface area contributed by atoms with E-state index < -0.39 is 35.3 Å². The molecule has 40 heavy (non-hydrogen) atoms. The Morgan fingerprint density at radius 3 is 1.02 bits per heavy atom. The first kappa shape index (κ1) is 27.4. The lowest BCUT2D eigenvalue weighted by Crippen LogP contribution is -2.33. The minimum Gasteiger partial charge on any atom is -0.254 e. The largest absolute Gasteiger partial charge is 0.458 e. The van der Waals surface area contributed by atoms with Crippen molar-refractivity contribution in [2.75, 3.05) is 0 Å². The second kappa shape index (κ2) is 9.17. The molecule has 5 rings (SSSR count). The van der Waals surface area contributed by atoms with Crippen molar-refractivity contribution in [3.8, 4) is 22.3 Å². The van der Waals surface area contributed by atoms with E-state index in [1.165, 1.54) is 12.4 Å². The molecule has 0 fully saturated rings. The molecule has 0 amide bonds. The zero-order valence-electron chi connectivity index (χ0n) is 19.8. The summed E-state index contributed by atoms with van der Waals surface area (Å²) in [4.78, 5) is 8.67. The van der Waals surface area contributed by atoms with Crippen LogP contribution in [0.2, 0.25) is 0 Å². The zero-order valence-corrected chi connectivity index (χ0v) is 19.8. The van der Waals surface area contributed by atoms with E-state index >= 15 is 0 Å². The van der Waals surface area contributed by atoms with Gasteiger partial charge in [0.05, 0.1) is 11.0 Å². The van der Waals surface area contributed by atoms with Crippen LogP contribution in [0, 0.1) is 0 Å². The Labute approximate surface area is 218 Å². The molecule has 0 aliphatic rings. The summed E-state index contributed by atoms with van der Waals surface area (Å²) < 4.78 is 131. The van der Waals surface area contributed by atoms with Crippen molar-refractivity contribution in [2.24, 2.45) is 0 Å². The Morgan fingerprint density at radius 1 is 0.400 bits per heavy atom. The highest BCUT2D eigenvalue weighted by atomic mass is 19.4. The van der Waals surface area contributed by atoms with Gasteiger partial charge in [0.15, 0.2) is 0 Å². The smallest absolute Gasteiger partial charge is 0.254 e. The van der Waals surface area contributed by atoms with Crippen LogP contribution in [0.25, 0.3) is 44.1 Å². The van der Waals surface area contributed by atoms with Crippen molar-refractivity contribution in [1.29, 1.82) is 0 Å². The van der Waals surface area contributed by atoms with Gasteiger partial charge in [-0.3, -0.25) is 9.97 Å². The van der Waals surface area contributed by atoms with E-state index in [0.29, 0.717) is 68.3 Å². The predicted molar refractivity (Wildman–Crippen MR) is 128 cm³/mol. The van der Waals surface area contributed by atoms with Gasteiger partial charge in [-0.25, -0.2) is 0 Å². The molecule has 0 saturated heterocycles. The first-order valence-electron chi connectivity index (χ1n) is 11.4. The second-order valence-corrected chi connectivity index (χ2v) is 8.87. The van der Waals surface area contributed by atoms with Crippen molar-refractivity contribution in [2.45, 2.75) is 24.2 Å². The van der Waals surface area contributed by atoms with E-state index in [2.05, 4.69) is 9.97 Å². The molecule has 3 aromatic carbocycles. The van der Waals surface area contributed by atoms with Crippen LogP contribution >= 0.6 is 0 Å². The van der Waals surface area contributed by atoms with Crippen LogP contribution < -0.4 is 0 Å². The zero-order chi connectivity index (χ0) is 29.1. The summed E-state index contributed by atoms with van der Waals surface area (Å²) in [6, 6.07) is 13.7. The van der Waals surface area contributed by atoms with Gasteiger partial charge < -0.3 is 0 Å². The van der Waals surface area contributed by atoms with Gasteiger partial charge in [0.2, 0.25) is 0 Å². The van der Waals surface area contributed by atoms with Gasteiger partial charge in [0.1, 0.15) is 0 Å². The van der Waals surface area contributed by atoms with Crippen molar-refractivity contribution >= 4 is 21.8 Å². The van der Waals surface area contributed by atoms with Gasteiger partial charge in [-0.15, -0.1) is 0 Å². The van der Waals surface area contributed by atoms with Gasteiger partial charge in [-0.1, -0.05) is 60.7 Å². The number of pyridine rings is 2. The average Bonchev–Trinajstić information content (AvgIpc) is 2.91. The SMILES string of the molecule is FC(F)(F)C(F)(F)c1ccc(-c2ccnc3c2ccc2c(-c4ccc(C(F)(F)C(F)(F)F)cc4)ccnc23)cc1. The summed E-state index contributed by atoms with van der Waals surface area (Å²) in [5, 5.41) is 0.991. The predicted octanol–water partition coefficient (Wildman–Crippen LogP) is 9.43. The quantitative estimate of drug-likeness (QED) is 0.160. The van der Waals surface area contributed by atoms with Crippen LogP contribution in [0.3, 0.4) is 0 Å². The number of rotatable bonds is 4. The number of halogens is 10. The first-order chi connectivity index (χ1) is 18.6. The summed E-state index contributed by atoms with van der Waals surface area (Å²) in [5.41, 5.74) is -0.102. The molecule has 0 bridgehead atoms. The van der Waals surface area contributed by atoms with Gasteiger partial charge in [-0.05, 0) is 34.4 Å². The van der Waals surface area contributed by atoms with Crippen molar-refractivity contribution in [1.82, 2.24) is 9.97 Å². The third-order valence-electron chi connectivity index (χ3n) is 6.45. The van der Waals surface area contributed by atoms with E-state index in [1.807, 2.05) is 0 Å². The second-order valence-electron chi connectivity index (χ2n) is 8.87. The van der Waals surface area contributed by atoms with Crippen LogP contribution in [0.1, 0.15) is 11.1 Å². The number of hydrogen-bond donors (Lipinski definition) is 0. The maximum atomic E-state index is 13.7. The fourth-order valence-corrected chi connectivity index (χ4v) is 4.38. The molecule has 0 unspecified atom stereocenters. The molecule has 0 spiro atoms. The van der Waals surface area contributed by atoms with Crippen LogP contribution in [0.5, 0.6) is 0 Å². The lowest BCUT2D eigenvalue weighted by molar-refractivity contribution is -0.289. The number of benzene rings is 3. The fourth-order valence-electron chi connectivity index (χ4n) is 4.38. The molecule has 0 radical (unpaired) electrons. The highest BCUT2D eigenvalue weighted by molar-refractivity contribution is 6.11. The molecule has 12 heteroatoms. The lowest BCUT2D eigenvalue weighted by Gasteiger charge is -2.20. The van der Waals surface area contributed by atoms with Crippen LogP contribution in [0.15, 0.2) is 85.2 Å². The molecule has 0 aliphatic heterocycles. The summed E-state index contributed by atoms with van der Waals surface area (Å²) in [7, 11) is 0. The van der Waals surface area contributed by atoms with E-state index in [1.54, 1.807) is 24.3 Å². The highest BCUT2D eigenvalue weighted by Crippen LogP contribution is 2.46. The number of alkyl halides is 10. The lowest BCUT2D eigenvalue weighted by atomic mass is 9.95. The minimum absolute atomic E-state index is 0.339. The molecule has 0 aliphatic carbocycles. The molecule has 0 saturated carbocycles. The standard InChI is InChI=1S/C28H14F10N2/c29-25(30,27(33,34)35)17-5-1-15(2-6-17)19-11-13-39-23-21(19)9-10-22-20(12-14-40-24(22)23)16-3-7-18(8-4-16)26(31,32)28(36,37)38/h1-14H. The van der Waals surface area contributed by atoms with Crippen molar-refractivity contribution in [3.63, 3.8) is 0 Å². The van der Waals surface area contributed by atoms with E-state index in [0.717, 1.165) is 24.3 Å². The summed E-state index contributed by atoms with van der Waals surface area (Å²) in [6.07, 6.45) is -8.70. The van der Waals surface area contributed by atoms with Gasteiger partial charge >= 0.3 is 24.2 Å². The molecular weight excluding hydrogens is 554 g/mol. The maximum Gasteiger partial charge on any atom is 0.458 e. The Bertz CT molecular complexity index is 1580. The number of nitrogens with zero attached hydrogens (tertiary/aromatic N) is 2. The Balaban J connectivity index is 1.58. The van der Waals surface area contributed by atoms with Gasteiger partial charge in [0, 0.05) is 34.3 Å².